The molecule has 1 aliphatic rings. The van der Waals surface area contributed by atoms with Gasteiger partial charge in [0, 0.05) is 6.42 Å². The van der Waals surface area contributed by atoms with Crippen molar-refractivity contribution in [3.05, 3.63) is 59.2 Å². The summed E-state index contributed by atoms with van der Waals surface area (Å²) in [6.07, 6.45) is 4.03. The van der Waals surface area contributed by atoms with E-state index in [1.165, 1.54) is 12.1 Å². The van der Waals surface area contributed by atoms with Crippen LogP contribution in [0, 0.1) is 11.7 Å². The van der Waals surface area contributed by atoms with Crippen molar-refractivity contribution in [1.29, 1.82) is 0 Å². The van der Waals surface area contributed by atoms with Gasteiger partial charge in [-0.3, -0.25) is 4.79 Å². The SMILES string of the molecule is CNC(Cc1ccc(F)cc1)C(=O)NC(CCCC1=C(F)CC(C)C=C1)C(O)O. The highest BCUT2D eigenvalue weighted by Gasteiger charge is 2.24. The van der Waals surface area contributed by atoms with Gasteiger partial charge in [-0.15, -0.1) is 0 Å². The Kier molecular flexibility index (Phi) is 8.95. The van der Waals surface area contributed by atoms with E-state index in [1.54, 1.807) is 25.3 Å². The van der Waals surface area contributed by atoms with Gasteiger partial charge in [0.1, 0.15) is 11.6 Å². The van der Waals surface area contributed by atoms with E-state index in [1.807, 2.05) is 13.0 Å². The van der Waals surface area contributed by atoms with Gasteiger partial charge in [-0.05, 0) is 61.9 Å². The number of carbonyl (C=O) groups is 1. The molecule has 0 heterocycles. The summed E-state index contributed by atoms with van der Waals surface area (Å²) >= 11 is 0. The molecular formula is C22H30F2N2O3. The van der Waals surface area contributed by atoms with Crippen LogP contribution in [0.15, 0.2) is 47.8 Å². The van der Waals surface area contributed by atoms with Crippen LogP contribution in [0.25, 0.3) is 0 Å². The van der Waals surface area contributed by atoms with Gasteiger partial charge < -0.3 is 20.8 Å². The third-order valence-corrected chi connectivity index (χ3v) is 5.14. The molecule has 29 heavy (non-hydrogen) atoms. The molecule has 0 spiro atoms. The van der Waals surface area contributed by atoms with Crippen molar-refractivity contribution in [2.75, 3.05) is 7.05 Å². The smallest absolute Gasteiger partial charge is 0.237 e. The number of aliphatic hydroxyl groups excluding tert-OH is 1. The van der Waals surface area contributed by atoms with Crippen LogP contribution in [0.5, 0.6) is 0 Å². The predicted molar refractivity (Wildman–Crippen MR) is 108 cm³/mol. The van der Waals surface area contributed by atoms with Crippen LogP contribution in [0.1, 0.15) is 38.2 Å². The fourth-order valence-corrected chi connectivity index (χ4v) is 3.35. The van der Waals surface area contributed by atoms with Crippen LogP contribution < -0.4 is 10.6 Å². The van der Waals surface area contributed by atoms with Crippen LogP contribution >= 0.6 is 0 Å². The topological polar surface area (TPSA) is 81.6 Å². The third kappa shape index (κ3) is 7.34. The zero-order valence-electron chi connectivity index (χ0n) is 16.9. The summed E-state index contributed by atoms with van der Waals surface area (Å²) in [7, 11) is 1.63. The van der Waals surface area contributed by atoms with Gasteiger partial charge in [-0.1, -0.05) is 31.2 Å². The zero-order chi connectivity index (χ0) is 21.4. The molecule has 7 heteroatoms. The summed E-state index contributed by atoms with van der Waals surface area (Å²) in [6, 6.07) is 4.40. The summed E-state index contributed by atoms with van der Waals surface area (Å²) < 4.78 is 27.0. The first kappa shape index (κ1) is 23.2. The molecule has 3 atom stereocenters. The van der Waals surface area contributed by atoms with E-state index >= 15 is 0 Å². The first-order valence-electron chi connectivity index (χ1n) is 9.94. The number of nitrogens with one attached hydrogen (secondary N) is 2. The Morgan fingerprint density at radius 2 is 1.93 bits per heavy atom. The van der Waals surface area contributed by atoms with Gasteiger partial charge in [-0.2, -0.15) is 0 Å². The number of likely N-dealkylation sites (N-methyl/N-ethyl adjacent to an activating group) is 1. The predicted octanol–water partition coefficient (Wildman–Crippen LogP) is 2.74. The second kappa shape index (κ2) is 11.2. The lowest BCUT2D eigenvalue weighted by atomic mass is 9.94. The van der Waals surface area contributed by atoms with E-state index < -0.39 is 18.4 Å². The molecule has 3 unspecified atom stereocenters. The zero-order valence-corrected chi connectivity index (χ0v) is 16.9. The minimum Gasteiger partial charge on any atom is -0.366 e. The van der Waals surface area contributed by atoms with E-state index in [9.17, 15) is 23.8 Å². The minimum atomic E-state index is -1.72. The van der Waals surface area contributed by atoms with E-state index in [-0.39, 0.29) is 23.5 Å². The van der Waals surface area contributed by atoms with Crippen molar-refractivity contribution in [1.82, 2.24) is 10.6 Å². The highest BCUT2D eigenvalue weighted by Crippen LogP contribution is 2.27. The second-order valence-corrected chi connectivity index (χ2v) is 7.56. The molecule has 160 valence electrons. The number of rotatable bonds is 10. The van der Waals surface area contributed by atoms with E-state index in [2.05, 4.69) is 10.6 Å². The monoisotopic (exact) mass is 408 g/mol. The Balaban J connectivity index is 1.89. The molecule has 5 nitrogen and oxygen atoms in total. The Bertz CT molecular complexity index is 732. The van der Waals surface area contributed by atoms with Crippen LogP contribution in [-0.4, -0.2) is 41.5 Å². The summed E-state index contributed by atoms with van der Waals surface area (Å²) in [6.45, 7) is 1.95. The molecule has 4 N–H and O–H groups in total. The first-order valence-corrected chi connectivity index (χ1v) is 9.94. The molecule has 0 radical (unpaired) electrons. The van der Waals surface area contributed by atoms with Crippen molar-refractivity contribution >= 4 is 5.91 Å². The maximum atomic E-state index is 14.0. The number of amides is 1. The highest BCUT2D eigenvalue weighted by atomic mass is 19.1. The number of halogens is 2. The third-order valence-electron chi connectivity index (χ3n) is 5.14. The average Bonchev–Trinajstić information content (AvgIpc) is 2.68. The molecule has 1 amide bonds. The molecule has 0 aliphatic heterocycles. The number of hydrogen-bond donors (Lipinski definition) is 4. The van der Waals surface area contributed by atoms with Crippen LogP contribution in [0.4, 0.5) is 8.78 Å². The lowest BCUT2D eigenvalue weighted by molar-refractivity contribution is -0.129. The van der Waals surface area contributed by atoms with Crippen LogP contribution in [-0.2, 0) is 11.2 Å². The van der Waals surface area contributed by atoms with Crippen molar-refractivity contribution in [2.45, 2.75) is 57.4 Å². The molecular weight excluding hydrogens is 378 g/mol. The largest absolute Gasteiger partial charge is 0.366 e. The average molecular weight is 408 g/mol. The standard InChI is InChI=1S/C22H30F2N2O3/c1-14-6-9-16(18(24)12-14)4-3-5-19(22(28)29)26-21(27)20(25-2)13-15-7-10-17(23)11-8-15/h6-11,14,19-20,22,25,28-29H,3-5,12-13H2,1-2H3,(H,26,27). The normalized spacial score (nSPS) is 18.8. The maximum absolute atomic E-state index is 14.0. The van der Waals surface area contributed by atoms with E-state index in [0.29, 0.717) is 37.7 Å². The molecule has 0 saturated carbocycles. The van der Waals surface area contributed by atoms with E-state index in [0.717, 1.165) is 5.56 Å². The quantitative estimate of drug-likeness (QED) is 0.449. The fourth-order valence-electron chi connectivity index (χ4n) is 3.35. The minimum absolute atomic E-state index is 0.125. The second-order valence-electron chi connectivity index (χ2n) is 7.56. The van der Waals surface area contributed by atoms with Gasteiger partial charge in [-0.25, -0.2) is 8.78 Å². The summed E-state index contributed by atoms with van der Waals surface area (Å²) in [5.74, 6) is -0.674. The summed E-state index contributed by atoms with van der Waals surface area (Å²) in [4.78, 5) is 12.6. The number of hydrogen-bond acceptors (Lipinski definition) is 4. The lowest BCUT2D eigenvalue weighted by Crippen LogP contribution is -2.51. The summed E-state index contributed by atoms with van der Waals surface area (Å²) in [5, 5.41) is 24.8. The fraction of sp³-hybridized carbons (Fsp3) is 0.500. The van der Waals surface area contributed by atoms with Gasteiger partial charge in [0.25, 0.3) is 0 Å². The Labute approximate surface area is 170 Å². The number of aliphatic hydroxyl groups is 2. The Hall–Kier alpha value is -2.09. The molecule has 1 aromatic carbocycles. The van der Waals surface area contributed by atoms with Crippen molar-refractivity contribution in [3.63, 3.8) is 0 Å². The first-order chi connectivity index (χ1) is 13.8. The van der Waals surface area contributed by atoms with Crippen molar-refractivity contribution in [3.8, 4) is 0 Å². The van der Waals surface area contributed by atoms with Crippen LogP contribution in [0.3, 0.4) is 0 Å². The summed E-state index contributed by atoms with van der Waals surface area (Å²) in [5.41, 5.74) is 1.41. The maximum Gasteiger partial charge on any atom is 0.237 e. The van der Waals surface area contributed by atoms with Gasteiger partial charge in [0.05, 0.1) is 12.1 Å². The molecule has 1 aliphatic carbocycles. The van der Waals surface area contributed by atoms with Crippen LogP contribution in [0.2, 0.25) is 0 Å². The molecule has 0 aromatic heterocycles. The number of benzene rings is 1. The number of allylic oxidation sites excluding steroid dienone is 4. The lowest BCUT2D eigenvalue weighted by Gasteiger charge is -2.24. The van der Waals surface area contributed by atoms with Gasteiger partial charge in [0.2, 0.25) is 5.91 Å². The van der Waals surface area contributed by atoms with E-state index in [4.69, 9.17) is 0 Å². The molecule has 0 saturated heterocycles. The van der Waals surface area contributed by atoms with Crippen molar-refractivity contribution in [2.24, 2.45) is 5.92 Å². The van der Waals surface area contributed by atoms with Gasteiger partial charge in [0.15, 0.2) is 6.29 Å². The Morgan fingerprint density at radius 3 is 2.52 bits per heavy atom. The number of carbonyl (C=O) groups excluding carboxylic acids is 1. The molecule has 1 aromatic rings. The van der Waals surface area contributed by atoms with Crippen molar-refractivity contribution < 1.29 is 23.8 Å². The Morgan fingerprint density at radius 1 is 1.24 bits per heavy atom. The highest BCUT2D eigenvalue weighted by molar-refractivity contribution is 5.82. The molecule has 2 rings (SSSR count). The van der Waals surface area contributed by atoms with Gasteiger partial charge >= 0.3 is 0 Å². The molecule has 0 fully saturated rings. The molecule has 0 bridgehead atoms.